The van der Waals surface area contributed by atoms with Crippen LogP contribution < -0.4 is 0 Å². The minimum Gasteiger partial charge on any atom is -0.506 e. The van der Waals surface area contributed by atoms with Gasteiger partial charge in [0.25, 0.3) is 0 Å². The number of phenolic OH excluding ortho intramolecular Hbond substituents is 1. The molecule has 0 saturated heterocycles. The summed E-state index contributed by atoms with van der Waals surface area (Å²) in [6, 6.07) is 1.88. The quantitative estimate of drug-likeness (QED) is 0.647. The summed E-state index contributed by atoms with van der Waals surface area (Å²) in [5.74, 6) is -0.821. The van der Waals surface area contributed by atoms with E-state index in [4.69, 9.17) is 0 Å². The Morgan fingerprint density at radius 2 is 2.05 bits per heavy atom. The monoisotopic (exact) mass is 328 g/mol. The molecule has 1 atom stereocenters. The molecule has 2 N–H and O–H groups in total. The normalized spacial score (nSPS) is 16.4. The van der Waals surface area contributed by atoms with Crippen molar-refractivity contribution in [3.63, 3.8) is 0 Å². The van der Waals surface area contributed by atoms with Crippen LogP contribution in [0.5, 0.6) is 5.75 Å². The molecule has 0 bridgehead atoms. The number of carbonyl (C=O) groups excluding carboxylic acids is 1. The van der Waals surface area contributed by atoms with Gasteiger partial charge in [-0.05, 0) is 58.8 Å². The summed E-state index contributed by atoms with van der Waals surface area (Å²) < 4.78 is 5.07. The second kappa shape index (κ2) is 5.92. The highest BCUT2D eigenvalue weighted by Crippen LogP contribution is 2.39. The lowest BCUT2D eigenvalue weighted by atomic mass is 9.93. The molecule has 0 aliphatic heterocycles. The molecule has 1 aliphatic carbocycles. The predicted octanol–water partition coefficient (Wildman–Crippen LogP) is 2.63. The van der Waals surface area contributed by atoms with E-state index in [-0.39, 0.29) is 11.3 Å². The van der Waals surface area contributed by atoms with Crippen molar-refractivity contribution < 1.29 is 19.7 Å². The molecule has 19 heavy (non-hydrogen) atoms. The zero-order valence-electron chi connectivity index (χ0n) is 10.8. The van der Waals surface area contributed by atoms with Crippen LogP contribution >= 0.6 is 15.9 Å². The highest BCUT2D eigenvalue weighted by molar-refractivity contribution is 9.10. The van der Waals surface area contributed by atoms with Crippen molar-refractivity contribution in [1.29, 1.82) is 0 Å². The molecule has 0 saturated carbocycles. The van der Waals surface area contributed by atoms with E-state index in [0.29, 0.717) is 4.47 Å². The maximum atomic E-state index is 11.5. The Hall–Kier alpha value is -1.07. The molecule has 4 nitrogen and oxygen atoms in total. The topological polar surface area (TPSA) is 66.8 Å². The summed E-state index contributed by atoms with van der Waals surface area (Å²) in [7, 11) is 1.22. The van der Waals surface area contributed by atoms with Crippen molar-refractivity contribution in [3.05, 3.63) is 27.2 Å². The largest absolute Gasteiger partial charge is 0.506 e. The second-order valence-electron chi connectivity index (χ2n) is 4.74. The Kier molecular flexibility index (Phi) is 4.47. The van der Waals surface area contributed by atoms with Crippen LogP contribution in [0.3, 0.4) is 0 Å². The third kappa shape index (κ3) is 2.77. The Morgan fingerprint density at radius 1 is 1.37 bits per heavy atom. The summed E-state index contributed by atoms with van der Waals surface area (Å²) in [5.41, 5.74) is 2.26. The minimum absolute atomic E-state index is 0.0708. The molecule has 1 unspecified atom stereocenters. The number of aliphatic hydroxyl groups excluding tert-OH is 1. The molecule has 0 aromatic heterocycles. The van der Waals surface area contributed by atoms with Crippen molar-refractivity contribution in [1.82, 2.24) is 0 Å². The van der Waals surface area contributed by atoms with E-state index in [1.807, 2.05) is 6.07 Å². The van der Waals surface area contributed by atoms with E-state index in [2.05, 4.69) is 20.7 Å². The first kappa shape index (κ1) is 14.3. The zero-order valence-corrected chi connectivity index (χ0v) is 12.4. The molecular weight excluding hydrogens is 312 g/mol. The Balaban J connectivity index is 2.57. The molecule has 0 heterocycles. The van der Waals surface area contributed by atoms with E-state index < -0.39 is 12.1 Å². The highest BCUT2D eigenvalue weighted by atomic mass is 79.9. The Bertz CT molecular complexity index is 499. The van der Waals surface area contributed by atoms with Crippen LogP contribution in [0.15, 0.2) is 10.5 Å². The molecule has 104 valence electrons. The van der Waals surface area contributed by atoms with Crippen molar-refractivity contribution in [2.24, 2.45) is 0 Å². The number of carbonyl (C=O) groups is 1. The van der Waals surface area contributed by atoms with Gasteiger partial charge in [-0.3, -0.25) is 0 Å². The standard InChI is InChI=1S/C14H17BrO4/c1-19-14(18)13(17)11-9-6-4-2-3-5-8(9)7-10(15)12(11)16/h7,13,16-17H,2-6H2,1H3. The van der Waals surface area contributed by atoms with Gasteiger partial charge in [0.15, 0.2) is 6.10 Å². The zero-order chi connectivity index (χ0) is 14.0. The van der Waals surface area contributed by atoms with Crippen molar-refractivity contribution in [2.45, 2.75) is 38.2 Å². The van der Waals surface area contributed by atoms with Crippen LogP contribution in [0.4, 0.5) is 0 Å². The SMILES string of the molecule is COC(=O)C(O)c1c(O)c(Br)cc2c1CCCCC2. The number of ether oxygens (including phenoxy) is 1. The van der Waals surface area contributed by atoms with Gasteiger partial charge < -0.3 is 14.9 Å². The summed E-state index contributed by atoms with van der Waals surface area (Å²) in [6.45, 7) is 0. The lowest BCUT2D eigenvalue weighted by Gasteiger charge is -2.19. The minimum atomic E-state index is -1.44. The third-order valence-electron chi connectivity index (χ3n) is 3.57. The first-order valence-corrected chi connectivity index (χ1v) is 7.14. The van der Waals surface area contributed by atoms with Gasteiger partial charge in [-0.15, -0.1) is 0 Å². The fourth-order valence-electron chi connectivity index (χ4n) is 2.59. The van der Waals surface area contributed by atoms with E-state index in [9.17, 15) is 15.0 Å². The number of phenols is 1. The summed E-state index contributed by atoms with van der Waals surface area (Å²) in [4.78, 5) is 11.5. The number of aryl methyl sites for hydroxylation is 1. The molecular formula is C14H17BrO4. The number of hydrogen-bond donors (Lipinski definition) is 2. The maximum absolute atomic E-state index is 11.5. The van der Waals surface area contributed by atoms with E-state index in [1.165, 1.54) is 7.11 Å². The predicted molar refractivity (Wildman–Crippen MR) is 74.0 cm³/mol. The Morgan fingerprint density at radius 3 is 2.74 bits per heavy atom. The molecule has 2 rings (SSSR count). The van der Waals surface area contributed by atoms with Crippen molar-refractivity contribution >= 4 is 21.9 Å². The van der Waals surface area contributed by atoms with Crippen LogP contribution in [0, 0.1) is 0 Å². The van der Waals surface area contributed by atoms with Gasteiger partial charge in [0.1, 0.15) is 5.75 Å². The Labute approximate surface area is 120 Å². The third-order valence-corrected chi connectivity index (χ3v) is 4.17. The highest BCUT2D eigenvalue weighted by Gasteiger charge is 2.28. The van der Waals surface area contributed by atoms with Gasteiger partial charge in [0, 0.05) is 5.56 Å². The van der Waals surface area contributed by atoms with Gasteiger partial charge in [0.2, 0.25) is 0 Å². The first-order chi connectivity index (χ1) is 9.06. The molecule has 0 radical (unpaired) electrons. The first-order valence-electron chi connectivity index (χ1n) is 6.35. The number of esters is 1. The van der Waals surface area contributed by atoms with Crippen LogP contribution in [0.1, 0.15) is 42.1 Å². The molecule has 5 heteroatoms. The van der Waals surface area contributed by atoms with E-state index in [0.717, 1.165) is 43.2 Å². The lowest BCUT2D eigenvalue weighted by molar-refractivity contribution is -0.150. The van der Waals surface area contributed by atoms with Gasteiger partial charge >= 0.3 is 5.97 Å². The maximum Gasteiger partial charge on any atom is 0.339 e. The number of benzene rings is 1. The van der Waals surface area contributed by atoms with Crippen LogP contribution in [0.2, 0.25) is 0 Å². The van der Waals surface area contributed by atoms with E-state index in [1.54, 1.807) is 0 Å². The molecule has 1 aromatic carbocycles. The van der Waals surface area contributed by atoms with Crippen LogP contribution in [-0.4, -0.2) is 23.3 Å². The fraction of sp³-hybridized carbons (Fsp3) is 0.500. The average Bonchev–Trinajstić information content (AvgIpc) is 2.63. The molecule has 0 amide bonds. The number of aromatic hydroxyl groups is 1. The average molecular weight is 329 g/mol. The van der Waals surface area contributed by atoms with Gasteiger partial charge in [-0.2, -0.15) is 0 Å². The van der Waals surface area contributed by atoms with Gasteiger partial charge in [0.05, 0.1) is 11.6 Å². The van der Waals surface area contributed by atoms with E-state index >= 15 is 0 Å². The number of aliphatic hydroxyl groups is 1. The fourth-order valence-corrected chi connectivity index (χ4v) is 3.08. The summed E-state index contributed by atoms with van der Waals surface area (Å²) >= 11 is 3.28. The number of fused-ring (bicyclic) bond motifs is 1. The smallest absolute Gasteiger partial charge is 0.339 e. The van der Waals surface area contributed by atoms with Crippen LogP contribution in [0.25, 0.3) is 0 Å². The molecule has 0 fully saturated rings. The number of rotatable bonds is 2. The number of hydrogen-bond acceptors (Lipinski definition) is 4. The van der Waals surface area contributed by atoms with Crippen LogP contribution in [-0.2, 0) is 22.4 Å². The summed E-state index contributed by atoms with van der Waals surface area (Å²) in [6.07, 6.45) is 3.41. The lowest BCUT2D eigenvalue weighted by Crippen LogP contribution is -2.16. The van der Waals surface area contributed by atoms with Gasteiger partial charge in [-0.1, -0.05) is 6.42 Å². The number of halogens is 1. The van der Waals surface area contributed by atoms with Crippen molar-refractivity contribution in [2.75, 3.05) is 7.11 Å². The summed E-state index contributed by atoms with van der Waals surface area (Å²) in [5, 5.41) is 20.2. The van der Waals surface area contributed by atoms with Gasteiger partial charge in [-0.25, -0.2) is 4.79 Å². The number of methoxy groups -OCH3 is 1. The second-order valence-corrected chi connectivity index (χ2v) is 5.60. The molecule has 0 spiro atoms. The molecule has 1 aliphatic rings. The van der Waals surface area contributed by atoms with Crippen molar-refractivity contribution in [3.8, 4) is 5.75 Å². The molecule has 1 aromatic rings.